The monoisotopic (exact) mass is 417 g/mol. The molecule has 3 aromatic rings. The lowest BCUT2D eigenvalue weighted by Gasteiger charge is -2.20. The summed E-state index contributed by atoms with van der Waals surface area (Å²) in [5.41, 5.74) is 3.88. The van der Waals surface area contributed by atoms with E-state index in [1.165, 1.54) is 5.56 Å². The van der Waals surface area contributed by atoms with Crippen LogP contribution in [0.15, 0.2) is 36.4 Å². The second kappa shape index (κ2) is 8.54. The van der Waals surface area contributed by atoms with E-state index < -0.39 is 6.04 Å². The minimum Gasteiger partial charge on any atom is -0.352 e. The second-order valence-corrected chi connectivity index (χ2v) is 8.12. The Labute approximate surface area is 175 Å². The Morgan fingerprint density at radius 1 is 1.14 bits per heavy atom. The van der Waals surface area contributed by atoms with Crippen molar-refractivity contribution in [3.63, 3.8) is 0 Å². The standard InChI is InChI=1S/C22H25Cl2N3O/c1-5-14(3)25-22(28)15(4)27-20-12-18(24)17(23)11-19(20)26-21(27)10-16-8-6-13(2)7-9-16/h6-9,11-12,14-15H,5,10H2,1-4H3,(H,25,28)/t14-,15+/m1/s1. The number of rotatable bonds is 6. The van der Waals surface area contributed by atoms with Gasteiger partial charge in [0.15, 0.2) is 0 Å². The van der Waals surface area contributed by atoms with Crippen LogP contribution in [0.5, 0.6) is 0 Å². The average Bonchev–Trinajstić information content (AvgIpc) is 2.99. The van der Waals surface area contributed by atoms with Gasteiger partial charge < -0.3 is 9.88 Å². The van der Waals surface area contributed by atoms with E-state index >= 15 is 0 Å². The zero-order chi connectivity index (χ0) is 20.4. The third-order valence-electron chi connectivity index (χ3n) is 5.06. The number of carbonyl (C=O) groups is 1. The van der Waals surface area contributed by atoms with Crippen molar-refractivity contribution >= 4 is 40.1 Å². The van der Waals surface area contributed by atoms with Crippen molar-refractivity contribution in [3.05, 3.63) is 63.4 Å². The molecule has 28 heavy (non-hydrogen) atoms. The maximum atomic E-state index is 12.8. The molecule has 148 valence electrons. The highest BCUT2D eigenvalue weighted by Crippen LogP contribution is 2.31. The highest BCUT2D eigenvalue weighted by atomic mass is 35.5. The molecule has 0 spiro atoms. The summed E-state index contributed by atoms with van der Waals surface area (Å²) >= 11 is 12.5. The van der Waals surface area contributed by atoms with E-state index in [9.17, 15) is 4.79 Å². The number of carbonyl (C=O) groups excluding carboxylic acids is 1. The normalized spacial score (nSPS) is 13.5. The van der Waals surface area contributed by atoms with E-state index in [-0.39, 0.29) is 11.9 Å². The van der Waals surface area contributed by atoms with Gasteiger partial charge in [-0.3, -0.25) is 4.79 Å². The molecule has 0 aliphatic heterocycles. The van der Waals surface area contributed by atoms with Crippen LogP contribution in [0.3, 0.4) is 0 Å². The van der Waals surface area contributed by atoms with Crippen molar-refractivity contribution in [2.24, 2.45) is 0 Å². The minimum atomic E-state index is -0.420. The molecule has 0 bridgehead atoms. The smallest absolute Gasteiger partial charge is 0.243 e. The predicted octanol–water partition coefficient (Wildman–Crippen LogP) is 5.72. The lowest BCUT2D eigenvalue weighted by Crippen LogP contribution is -2.37. The quantitative estimate of drug-likeness (QED) is 0.557. The molecular formula is C22H25Cl2N3O. The number of imidazole rings is 1. The van der Waals surface area contributed by atoms with Crippen LogP contribution in [0.1, 0.15) is 50.2 Å². The highest BCUT2D eigenvalue weighted by Gasteiger charge is 2.23. The molecule has 2 atom stereocenters. The molecule has 1 heterocycles. The van der Waals surface area contributed by atoms with E-state index in [0.717, 1.165) is 28.8 Å². The molecule has 6 heteroatoms. The second-order valence-electron chi connectivity index (χ2n) is 7.31. The maximum Gasteiger partial charge on any atom is 0.243 e. The first-order chi connectivity index (χ1) is 13.3. The molecule has 0 aliphatic carbocycles. The Balaban J connectivity index is 2.07. The molecule has 4 nitrogen and oxygen atoms in total. The third-order valence-corrected chi connectivity index (χ3v) is 5.78. The van der Waals surface area contributed by atoms with E-state index in [0.29, 0.717) is 16.5 Å². The molecule has 0 saturated carbocycles. The summed E-state index contributed by atoms with van der Waals surface area (Å²) in [4.78, 5) is 17.6. The van der Waals surface area contributed by atoms with Gasteiger partial charge >= 0.3 is 0 Å². The van der Waals surface area contributed by atoms with Crippen LogP contribution in [-0.4, -0.2) is 21.5 Å². The Morgan fingerprint density at radius 2 is 1.79 bits per heavy atom. The van der Waals surface area contributed by atoms with E-state index in [2.05, 4.69) is 36.5 Å². The Kier molecular flexibility index (Phi) is 6.31. The number of hydrogen-bond acceptors (Lipinski definition) is 2. The van der Waals surface area contributed by atoms with Gasteiger partial charge in [0, 0.05) is 12.5 Å². The summed E-state index contributed by atoms with van der Waals surface area (Å²) in [5, 5.41) is 3.97. The fraction of sp³-hybridized carbons (Fsp3) is 0.364. The Hall–Kier alpha value is -2.04. The van der Waals surface area contributed by atoms with Crippen LogP contribution in [-0.2, 0) is 11.2 Å². The van der Waals surface area contributed by atoms with Crippen molar-refractivity contribution in [2.45, 2.75) is 52.6 Å². The number of nitrogens with zero attached hydrogens (tertiary/aromatic N) is 2. The number of aryl methyl sites for hydroxylation is 1. The van der Waals surface area contributed by atoms with Crippen LogP contribution in [0.4, 0.5) is 0 Å². The number of benzene rings is 2. The van der Waals surface area contributed by atoms with Crippen molar-refractivity contribution in [3.8, 4) is 0 Å². The van der Waals surface area contributed by atoms with Gasteiger partial charge in [-0.1, -0.05) is 60.0 Å². The fourth-order valence-electron chi connectivity index (χ4n) is 3.17. The van der Waals surface area contributed by atoms with Crippen LogP contribution in [0, 0.1) is 6.92 Å². The molecule has 0 radical (unpaired) electrons. The highest BCUT2D eigenvalue weighted by molar-refractivity contribution is 6.42. The topological polar surface area (TPSA) is 46.9 Å². The molecule has 2 aromatic carbocycles. The molecule has 0 unspecified atom stereocenters. The first-order valence-corrected chi connectivity index (χ1v) is 10.3. The van der Waals surface area contributed by atoms with Crippen molar-refractivity contribution in [2.75, 3.05) is 0 Å². The van der Waals surface area contributed by atoms with Crippen molar-refractivity contribution in [1.29, 1.82) is 0 Å². The third kappa shape index (κ3) is 4.34. The first-order valence-electron chi connectivity index (χ1n) is 9.52. The summed E-state index contributed by atoms with van der Waals surface area (Å²) in [6.07, 6.45) is 1.49. The molecular weight excluding hydrogens is 393 g/mol. The number of aromatic nitrogens is 2. The lowest BCUT2D eigenvalue weighted by molar-refractivity contribution is -0.124. The number of fused-ring (bicyclic) bond motifs is 1. The largest absolute Gasteiger partial charge is 0.352 e. The summed E-state index contributed by atoms with van der Waals surface area (Å²) in [6, 6.07) is 11.6. The van der Waals surface area contributed by atoms with Gasteiger partial charge in [-0.2, -0.15) is 0 Å². The van der Waals surface area contributed by atoms with Crippen molar-refractivity contribution < 1.29 is 4.79 Å². The average molecular weight is 418 g/mol. The zero-order valence-electron chi connectivity index (χ0n) is 16.6. The summed E-state index contributed by atoms with van der Waals surface area (Å²) in [6.45, 7) is 8.00. The SMILES string of the molecule is CC[C@@H](C)NC(=O)[C@H](C)n1c(Cc2ccc(C)cc2)nc2cc(Cl)c(Cl)cc21. The van der Waals surface area contributed by atoms with E-state index in [4.69, 9.17) is 28.2 Å². The van der Waals surface area contributed by atoms with Gasteiger partial charge in [0.25, 0.3) is 0 Å². The number of nitrogens with one attached hydrogen (secondary N) is 1. The molecule has 1 amide bonds. The van der Waals surface area contributed by atoms with Gasteiger partial charge in [-0.05, 0) is 44.9 Å². The van der Waals surface area contributed by atoms with Gasteiger partial charge in [-0.25, -0.2) is 4.98 Å². The molecule has 0 fully saturated rings. The zero-order valence-corrected chi connectivity index (χ0v) is 18.1. The van der Waals surface area contributed by atoms with E-state index in [1.807, 2.05) is 25.3 Å². The number of hydrogen-bond donors (Lipinski definition) is 1. The maximum absolute atomic E-state index is 12.8. The lowest BCUT2D eigenvalue weighted by atomic mass is 10.1. The van der Waals surface area contributed by atoms with Gasteiger partial charge in [0.2, 0.25) is 5.91 Å². The molecule has 1 aromatic heterocycles. The molecule has 0 aliphatic rings. The first kappa shape index (κ1) is 20.7. The van der Waals surface area contributed by atoms with Crippen molar-refractivity contribution in [1.82, 2.24) is 14.9 Å². The summed E-state index contributed by atoms with van der Waals surface area (Å²) in [7, 11) is 0. The fourth-order valence-corrected chi connectivity index (χ4v) is 3.48. The predicted molar refractivity (Wildman–Crippen MR) is 116 cm³/mol. The summed E-state index contributed by atoms with van der Waals surface area (Å²) in [5.74, 6) is 0.772. The van der Waals surface area contributed by atoms with Crippen LogP contribution in [0.2, 0.25) is 10.0 Å². The van der Waals surface area contributed by atoms with Gasteiger partial charge in [0.1, 0.15) is 11.9 Å². The van der Waals surface area contributed by atoms with Crippen LogP contribution >= 0.6 is 23.2 Å². The summed E-state index contributed by atoms with van der Waals surface area (Å²) < 4.78 is 1.97. The van der Waals surface area contributed by atoms with Gasteiger partial charge in [0.05, 0.1) is 21.1 Å². The van der Waals surface area contributed by atoms with Crippen LogP contribution in [0.25, 0.3) is 11.0 Å². The Morgan fingerprint density at radius 3 is 2.43 bits per heavy atom. The van der Waals surface area contributed by atoms with Gasteiger partial charge in [-0.15, -0.1) is 0 Å². The molecule has 0 saturated heterocycles. The van der Waals surface area contributed by atoms with E-state index in [1.54, 1.807) is 12.1 Å². The molecule has 1 N–H and O–H groups in total. The number of halogens is 2. The number of amides is 1. The molecule has 3 rings (SSSR count). The van der Waals surface area contributed by atoms with Crippen LogP contribution < -0.4 is 5.32 Å². The minimum absolute atomic E-state index is 0.0371. The Bertz CT molecular complexity index is 995.